The molecule has 20 heavy (non-hydrogen) atoms. The number of benzene rings is 1. The molecular formula is C16H19NO3. The van der Waals surface area contributed by atoms with E-state index >= 15 is 0 Å². The normalized spacial score (nSPS) is 18.6. The van der Waals surface area contributed by atoms with Crippen LogP contribution in [0.4, 0.5) is 0 Å². The van der Waals surface area contributed by atoms with Crippen LogP contribution in [0.3, 0.4) is 0 Å². The molecule has 2 atom stereocenters. The topological polar surface area (TPSA) is 55.4 Å². The van der Waals surface area contributed by atoms with Crippen molar-refractivity contribution in [3.63, 3.8) is 0 Å². The quantitative estimate of drug-likeness (QED) is 0.674. The van der Waals surface area contributed by atoms with Crippen molar-refractivity contribution in [1.82, 2.24) is 5.32 Å². The largest absolute Gasteiger partial charge is 0.467 e. The van der Waals surface area contributed by atoms with Crippen LogP contribution in [-0.4, -0.2) is 25.0 Å². The second-order valence-corrected chi connectivity index (χ2v) is 4.85. The molecule has 1 aliphatic carbocycles. The van der Waals surface area contributed by atoms with Crippen molar-refractivity contribution in [1.29, 1.82) is 0 Å². The minimum atomic E-state index is -0.632. The highest BCUT2D eigenvalue weighted by atomic mass is 16.5. The Bertz CT molecular complexity index is 536. The van der Waals surface area contributed by atoms with E-state index < -0.39 is 12.0 Å². The third-order valence-corrected chi connectivity index (χ3v) is 3.65. The van der Waals surface area contributed by atoms with Crippen LogP contribution in [-0.2, 0) is 20.7 Å². The number of carbonyl (C=O) groups excluding carboxylic acids is 2. The highest BCUT2D eigenvalue weighted by Gasteiger charge is 2.35. The van der Waals surface area contributed by atoms with Gasteiger partial charge in [-0.15, -0.1) is 0 Å². The minimum absolute atomic E-state index is 0.0205. The van der Waals surface area contributed by atoms with E-state index in [2.05, 4.69) is 11.4 Å². The Balaban J connectivity index is 2.24. The first-order chi connectivity index (χ1) is 9.67. The lowest BCUT2D eigenvalue weighted by atomic mass is 9.93. The zero-order valence-electron chi connectivity index (χ0n) is 11.8. The fourth-order valence-corrected chi connectivity index (χ4v) is 2.74. The number of hydrogen-bond donors (Lipinski definition) is 1. The second-order valence-electron chi connectivity index (χ2n) is 4.85. The molecular weight excluding hydrogens is 254 g/mol. The van der Waals surface area contributed by atoms with Crippen molar-refractivity contribution in [2.45, 2.75) is 31.7 Å². The molecule has 0 saturated carbocycles. The van der Waals surface area contributed by atoms with Crippen LogP contribution in [0.2, 0.25) is 0 Å². The predicted octanol–water partition coefficient (Wildman–Crippen LogP) is 1.95. The van der Waals surface area contributed by atoms with Crippen LogP contribution in [0.15, 0.2) is 36.4 Å². The maximum absolute atomic E-state index is 12.0. The number of fused-ring (bicyclic) bond motifs is 1. The Kier molecular flexibility index (Phi) is 4.56. The van der Waals surface area contributed by atoms with Crippen LogP contribution in [0.5, 0.6) is 0 Å². The van der Waals surface area contributed by atoms with E-state index in [0.29, 0.717) is 0 Å². The van der Waals surface area contributed by atoms with Crippen LogP contribution >= 0.6 is 0 Å². The summed E-state index contributed by atoms with van der Waals surface area (Å²) in [5.41, 5.74) is 2.37. The summed E-state index contributed by atoms with van der Waals surface area (Å²) >= 11 is 0. The van der Waals surface area contributed by atoms with E-state index in [1.165, 1.54) is 18.7 Å². The molecule has 0 fully saturated rings. The number of esters is 1. The first-order valence-electron chi connectivity index (χ1n) is 6.76. The molecule has 1 N–H and O–H groups in total. The second kappa shape index (κ2) is 6.37. The number of hydrogen-bond acceptors (Lipinski definition) is 3. The zero-order valence-corrected chi connectivity index (χ0v) is 11.8. The third kappa shape index (κ3) is 2.90. The summed E-state index contributed by atoms with van der Waals surface area (Å²) in [6.07, 6.45) is 4.83. The van der Waals surface area contributed by atoms with Crippen LogP contribution in [0, 0.1) is 0 Å². The highest BCUT2D eigenvalue weighted by Crippen LogP contribution is 2.35. The molecule has 4 heteroatoms. The van der Waals surface area contributed by atoms with Crippen LogP contribution in [0.1, 0.15) is 30.4 Å². The highest BCUT2D eigenvalue weighted by molar-refractivity contribution is 5.91. The molecule has 2 unspecified atom stereocenters. The Morgan fingerprint density at radius 3 is 2.85 bits per heavy atom. The molecule has 0 heterocycles. The maximum atomic E-state index is 12.0. The number of aryl methyl sites for hydroxylation is 1. The fourth-order valence-electron chi connectivity index (χ4n) is 2.74. The molecule has 0 radical (unpaired) electrons. The zero-order chi connectivity index (χ0) is 14.5. The van der Waals surface area contributed by atoms with Crippen molar-refractivity contribution in [2.24, 2.45) is 0 Å². The molecule has 1 aromatic carbocycles. The van der Waals surface area contributed by atoms with Gasteiger partial charge in [0, 0.05) is 5.92 Å². The predicted molar refractivity (Wildman–Crippen MR) is 76.3 cm³/mol. The van der Waals surface area contributed by atoms with Gasteiger partial charge in [-0.05, 0) is 37.0 Å². The van der Waals surface area contributed by atoms with Gasteiger partial charge in [0.25, 0.3) is 0 Å². The van der Waals surface area contributed by atoms with E-state index in [4.69, 9.17) is 4.74 Å². The number of carbonyl (C=O) groups is 2. The summed E-state index contributed by atoms with van der Waals surface area (Å²) in [5, 5.41) is 2.75. The van der Waals surface area contributed by atoms with Gasteiger partial charge in [-0.25, -0.2) is 4.79 Å². The summed E-state index contributed by atoms with van der Waals surface area (Å²) < 4.78 is 4.84. The fraction of sp³-hybridized carbons (Fsp3) is 0.375. The molecule has 0 aromatic heterocycles. The number of methoxy groups -OCH3 is 1. The number of nitrogens with one attached hydrogen (secondary N) is 1. The summed E-state index contributed by atoms with van der Waals surface area (Å²) in [4.78, 5) is 23.7. The van der Waals surface area contributed by atoms with Gasteiger partial charge >= 0.3 is 5.97 Å². The summed E-state index contributed by atoms with van der Waals surface area (Å²) in [6.45, 7) is 1.76. The van der Waals surface area contributed by atoms with Gasteiger partial charge in [-0.2, -0.15) is 0 Å². The van der Waals surface area contributed by atoms with Crippen molar-refractivity contribution >= 4 is 11.9 Å². The first kappa shape index (κ1) is 14.3. The Hall–Kier alpha value is -2.10. The number of ether oxygens (including phenoxy) is 1. The first-order valence-corrected chi connectivity index (χ1v) is 6.76. The van der Waals surface area contributed by atoms with Gasteiger partial charge in [-0.1, -0.05) is 30.3 Å². The van der Waals surface area contributed by atoms with Crippen LogP contribution < -0.4 is 5.32 Å². The SMILES string of the molecule is CC=CC(=O)NC(C(=O)OC)C1CCc2ccccc21. The summed E-state index contributed by atoms with van der Waals surface area (Å²) in [5.74, 6) is -0.690. The number of amides is 1. The molecule has 0 bridgehead atoms. The van der Waals surface area contributed by atoms with Gasteiger partial charge in [0.1, 0.15) is 6.04 Å². The molecule has 0 saturated heterocycles. The smallest absolute Gasteiger partial charge is 0.329 e. The Morgan fingerprint density at radius 1 is 1.40 bits per heavy atom. The van der Waals surface area contributed by atoms with Gasteiger partial charge < -0.3 is 10.1 Å². The Morgan fingerprint density at radius 2 is 2.15 bits per heavy atom. The molecule has 106 valence electrons. The number of allylic oxidation sites excluding steroid dienone is 1. The molecule has 1 aromatic rings. The van der Waals surface area contributed by atoms with Crippen molar-refractivity contribution in [3.05, 3.63) is 47.5 Å². The van der Waals surface area contributed by atoms with E-state index in [1.807, 2.05) is 18.2 Å². The van der Waals surface area contributed by atoms with Crippen molar-refractivity contribution in [3.8, 4) is 0 Å². The van der Waals surface area contributed by atoms with Gasteiger partial charge in [-0.3, -0.25) is 4.79 Å². The standard InChI is InChI=1S/C16H19NO3/c1-3-6-14(18)17-15(16(19)20-2)13-10-9-11-7-4-5-8-12(11)13/h3-8,13,15H,9-10H2,1-2H3,(H,17,18). The Labute approximate surface area is 118 Å². The maximum Gasteiger partial charge on any atom is 0.329 e. The molecule has 2 rings (SSSR count). The van der Waals surface area contributed by atoms with E-state index in [0.717, 1.165) is 18.4 Å². The summed E-state index contributed by atoms with van der Waals surface area (Å²) in [7, 11) is 1.35. The van der Waals surface area contributed by atoms with Gasteiger partial charge in [0.2, 0.25) is 5.91 Å². The molecule has 0 aliphatic heterocycles. The lowest BCUT2D eigenvalue weighted by Gasteiger charge is -2.22. The molecule has 1 aliphatic rings. The average molecular weight is 273 g/mol. The molecule has 1 amide bonds. The molecule has 4 nitrogen and oxygen atoms in total. The van der Waals surface area contributed by atoms with Crippen LogP contribution in [0.25, 0.3) is 0 Å². The number of rotatable bonds is 4. The minimum Gasteiger partial charge on any atom is -0.467 e. The third-order valence-electron chi connectivity index (χ3n) is 3.65. The average Bonchev–Trinajstić information content (AvgIpc) is 2.88. The van der Waals surface area contributed by atoms with E-state index in [9.17, 15) is 9.59 Å². The lowest BCUT2D eigenvalue weighted by Crippen LogP contribution is -2.44. The van der Waals surface area contributed by atoms with Crippen molar-refractivity contribution < 1.29 is 14.3 Å². The lowest BCUT2D eigenvalue weighted by molar-refractivity contribution is -0.145. The summed E-state index contributed by atoms with van der Waals surface area (Å²) in [6, 6.07) is 7.40. The van der Waals surface area contributed by atoms with Gasteiger partial charge in [0.15, 0.2) is 0 Å². The van der Waals surface area contributed by atoms with E-state index in [1.54, 1.807) is 13.0 Å². The van der Waals surface area contributed by atoms with E-state index in [-0.39, 0.29) is 11.8 Å². The van der Waals surface area contributed by atoms with Gasteiger partial charge in [0.05, 0.1) is 7.11 Å². The monoisotopic (exact) mass is 273 g/mol. The van der Waals surface area contributed by atoms with Crippen molar-refractivity contribution in [2.75, 3.05) is 7.11 Å². The molecule has 0 spiro atoms.